The smallest absolute Gasteiger partial charge is 0.0846 e. The van der Waals surface area contributed by atoms with Crippen molar-refractivity contribution in [1.82, 2.24) is 4.98 Å². The van der Waals surface area contributed by atoms with Crippen molar-refractivity contribution < 1.29 is 5.11 Å². The fraction of sp³-hybridized carbons (Fsp3) is 0.154. The van der Waals surface area contributed by atoms with Gasteiger partial charge >= 0.3 is 0 Å². The quantitative estimate of drug-likeness (QED) is 0.891. The maximum absolute atomic E-state index is 10.2. The molecule has 0 saturated carbocycles. The van der Waals surface area contributed by atoms with Crippen molar-refractivity contribution in [3.8, 4) is 0 Å². The van der Waals surface area contributed by atoms with Gasteiger partial charge in [0, 0.05) is 28.9 Å². The molecule has 1 N–H and O–H groups in total. The molecule has 1 unspecified atom stereocenters. The summed E-state index contributed by atoms with van der Waals surface area (Å²) in [5.74, 6) is 0. The maximum Gasteiger partial charge on any atom is 0.0846 e. The molecule has 0 spiro atoms. The van der Waals surface area contributed by atoms with E-state index >= 15 is 0 Å². The van der Waals surface area contributed by atoms with E-state index in [0.717, 1.165) is 15.6 Å². The summed E-state index contributed by atoms with van der Waals surface area (Å²) in [4.78, 5) is 4.02. The van der Waals surface area contributed by atoms with Crippen LogP contribution >= 0.6 is 39.1 Å². The Bertz CT molecular complexity index is 562. The lowest BCUT2D eigenvalue weighted by molar-refractivity contribution is 0.178. The van der Waals surface area contributed by atoms with E-state index in [1.807, 2.05) is 18.2 Å². The molecular formula is C13H10BrCl2NO. The van der Waals surface area contributed by atoms with Gasteiger partial charge in [-0.15, -0.1) is 0 Å². The van der Waals surface area contributed by atoms with E-state index < -0.39 is 6.10 Å². The first-order valence-corrected chi connectivity index (χ1v) is 6.84. The normalized spacial score (nSPS) is 12.4. The van der Waals surface area contributed by atoms with E-state index in [9.17, 15) is 5.11 Å². The predicted octanol–water partition coefficient (Wildman–Crippen LogP) is 4.43. The van der Waals surface area contributed by atoms with Crippen LogP contribution in [0.15, 0.2) is 41.1 Å². The predicted molar refractivity (Wildman–Crippen MR) is 77.1 cm³/mol. The molecule has 5 heteroatoms. The molecule has 0 aliphatic rings. The Kier molecular flexibility index (Phi) is 4.62. The summed E-state index contributed by atoms with van der Waals surface area (Å²) in [6.07, 6.45) is 3.04. The zero-order valence-corrected chi connectivity index (χ0v) is 12.4. The number of halogens is 3. The van der Waals surface area contributed by atoms with E-state index in [1.54, 1.807) is 18.5 Å². The van der Waals surface area contributed by atoms with Gasteiger partial charge in [-0.3, -0.25) is 4.98 Å². The highest BCUT2D eigenvalue weighted by Crippen LogP contribution is 2.29. The molecule has 1 aromatic carbocycles. The summed E-state index contributed by atoms with van der Waals surface area (Å²) in [6.45, 7) is 0. The standard InChI is InChI=1S/C13H10BrCl2NO/c14-10-4-9(6-17-7-10)12(18)5-8-2-1-3-11(15)13(8)16/h1-4,6-7,12,18H,5H2. The molecule has 0 aliphatic heterocycles. The Labute approximate surface area is 124 Å². The Balaban J connectivity index is 2.21. The lowest BCUT2D eigenvalue weighted by Gasteiger charge is -2.12. The van der Waals surface area contributed by atoms with E-state index in [1.165, 1.54) is 0 Å². The molecule has 2 nitrogen and oxygen atoms in total. The van der Waals surface area contributed by atoms with E-state index in [2.05, 4.69) is 20.9 Å². The van der Waals surface area contributed by atoms with Gasteiger partial charge < -0.3 is 5.11 Å². The van der Waals surface area contributed by atoms with Crippen LogP contribution < -0.4 is 0 Å². The molecule has 1 aromatic heterocycles. The van der Waals surface area contributed by atoms with Crippen LogP contribution in [-0.4, -0.2) is 10.1 Å². The van der Waals surface area contributed by atoms with Crippen molar-refractivity contribution in [2.75, 3.05) is 0 Å². The fourth-order valence-electron chi connectivity index (χ4n) is 1.64. The van der Waals surface area contributed by atoms with Crippen molar-refractivity contribution in [3.05, 3.63) is 62.3 Å². The average Bonchev–Trinajstić information content (AvgIpc) is 2.35. The lowest BCUT2D eigenvalue weighted by atomic mass is 10.0. The van der Waals surface area contributed by atoms with Crippen LogP contribution in [0.3, 0.4) is 0 Å². The summed E-state index contributed by atoms with van der Waals surface area (Å²) in [7, 11) is 0. The number of nitrogens with zero attached hydrogens (tertiary/aromatic N) is 1. The molecule has 0 radical (unpaired) electrons. The van der Waals surface area contributed by atoms with Gasteiger partial charge in [-0.2, -0.15) is 0 Å². The molecule has 2 aromatic rings. The van der Waals surface area contributed by atoms with Crippen LogP contribution in [0.2, 0.25) is 10.0 Å². The summed E-state index contributed by atoms with van der Waals surface area (Å²) in [6, 6.07) is 7.22. The fourth-order valence-corrected chi connectivity index (χ4v) is 2.42. The van der Waals surface area contributed by atoms with Crippen LogP contribution in [0.4, 0.5) is 0 Å². The number of rotatable bonds is 3. The monoisotopic (exact) mass is 345 g/mol. The molecule has 1 atom stereocenters. The SMILES string of the molecule is OC(Cc1cccc(Cl)c1Cl)c1cncc(Br)c1. The summed E-state index contributed by atoms with van der Waals surface area (Å²) >= 11 is 15.3. The molecule has 0 bridgehead atoms. The summed E-state index contributed by atoms with van der Waals surface area (Å²) in [5, 5.41) is 11.1. The number of aliphatic hydroxyl groups is 1. The van der Waals surface area contributed by atoms with Gasteiger partial charge in [-0.05, 0) is 33.6 Å². The first-order chi connectivity index (χ1) is 8.58. The highest BCUT2D eigenvalue weighted by atomic mass is 79.9. The Morgan fingerprint density at radius 2 is 2.06 bits per heavy atom. The first kappa shape index (κ1) is 13.8. The Hall–Kier alpha value is -0.610. The molecule has 2 rings (SSSR count). The maximum atomic E-state index is 10.2. The van der Waals surface area contributed by atoms with Gasteiger partial charge in [-0.25, -0.2) is 0 Å². The molecule has 0 saturated heterocycles. The van der Waals surface area contributed by atoms with Crippen LogP contribution in [-0.2, 0) is 6.42 Å². The third-order valence-electron chi connectivity index (χ3n) is 2.56. The zero-order chi connectivity index (χ0) is 13.1. The van der Waals surface area contributed by atoms with Gasteiger partial charge in [0.15, 0.2) is 0 Å². The minimum absolute atomic E-state index is 0.400. The van der Waals surface area contributed by atoms with Crippen molar-refractivity contribution in [1.29, 1.82) is 0 Å². The molecule has 0 amide bonds. The second-order valence-electron chi connectivity index (χ2n) is 3.87. The van der Waals surface area contributed by atoms with Crippen molar-refractivity contribution in [2.24, 2.45) is 0 Å². The topological polar surface area (TPSA) is 33.1 Å². The van der Waals surface area contributed by atoms with Gasteiger partial charge in [0.2, 0.25) is 0 Å². The molecule has 18 heavy (non-hydrogen) atoms. The number of benzene rings is 1. The molecule has 0 aliphatic carbocycles. The number of aromatic nitrogens is 1. The van der Waals surface area contributed by atoms with Gasteiger partial charge in [-0.1, -0.05) is 35.3 Å². The molecule has 94 valence electrons. The number of hydrogen-bond acceptors (Lipinski definition) is 2. The van der Waals surface area contributed by atoms with Gasteiger partial charge in [0.05, 0.1) is 16.1 Å². The first-order valence-electron chi connectivity index (χ1n) is 5.29. The van der Waals surface area contributed by atoms with Crippen LogP contribution in [0.5, 0.6) is 0 Å². The Morgan fingerprint density at radius 1 is 1.28 bits per heavy atom. The summed E-state index contributed by atoms with van der Waals surface area (Å²) in [5.41, 5.74) is 1.55. The van der Waals surface area contributed by atoms with E-state index in [-0.39, 0.29) is 0 Å². The summed E-state index contributed by atoms with van der Waals surface area (Å²) < 4.78 is 0.830. The van der Waals surface area contributed by atoms with Gasteiger partial charge in [0.25, 0.3) is 0 Å². The highest BCUT2D eigenvalue weighted by molar-refractivity contribution is 9.10. The van der Waals surface area contributed by atoms with Crippen molar-refractivity contribution in [2.45, 2.75) is 12.5 Å². The minimum Gasteiger partial charge on any atom is -0.388 e. The lowest BCUT2D eigenvalue weighted by Crippen LogP contribution is -2.03. The number of aliphatic hydroxyl groups excluding tert-OH is 1. The molecule has 0 fully saturated rings. The minimum atomic E-state index is -0.661. The number of hydrogen-bond donors (Lipinski definition) is 1. The second kappa shape index (κ2) is 6.02. The van der Waals surface area contributed by atoms with Crippen LogP contribution in [0, 0.1) is 0 Å². The van der Waals surface area contributed by atoms with E-state index in [0.29, 0.717) is 16.5 Å². The van der Waals surface area contributed by atoms with Crippen LogP contribution in [0.25, 0.3) is 0 Å². The number of pyridine rings is 1. The molecular weight excluding hydrogens is 337 g/mol. The largest absolute Gasteiger partial charge is 0.388 e. The van der Waals surface area contributed by atoms with Crippen molar-refractivity contribution >= 4 is 39.1 Å². The van der Waals surface area contributed by atoms with Gasteiger partial charge in [0.1, 0.15) is 0 Å². The van der Waals surface area contributed by atoms with Crippen LogP contribution in [0.1, 0.15) is 17.2 Å². The average molecular weight is 347 g/mol. The third-order valence-corrected chi connectivity index (χ3v) is 3.85. The Morgan fingerprint density at radius 3 is 2.78 bits per heavy atom. The second-order valence-corrected chi connectivity index (χ2v) is 5.57. The zero-order valence-electron chi connectivity index (χ0n) is 9.28. The van der Waals surface area contributed by atoms with E-state index in [4.69, 9.17) is 23.2 Å². The van der Waals surface area contributed by atoms with Crippen molar-refractivity contribution in [3.63, 3.8) is 0 Å². The third kappa shape index (κ3) is 3.23. The molecule has 1 heterocycles. The highest BCUT2D eigenvalue weighted by Gasteiger charge is 2.13.